The molecule has 0 aliphatic rings. The van der Waals surface area contributed by atoms with Crippen LogP contribution in [0.5, 0.6) is 0 Å². The van der Waals surface area contributed by atoms with Gasteiger partial charge in [0, 0.05) is 0 Å². The third-order valence-corrected chi connectivity index (χ3v) is 7.81. The van der Waals surface area contributed by atoms with E-state index in [0.717, 1.165) is 11.3 Å². The first-order valence-corrected chi connectivity index (χ1v) is 14.5. The fourth-order valence-corrected chi connectivity index (χ4v) is 5.90. The van der Waals surface area contributed by atoms with Crippen LogP contribution >= 0.6 is 0 Å². The van der Waals surface area contributed by atoms with Crippen molar-refractivity contribution in [1.82, 2.24) is 4.98 Å². The molecule has 0 aliphatic carbocycles. The van der Waals surface area contributed by atoms with Crippen LogP contribution in [0.3, 0.4) is 0 Å². The molecule has 1 aromatic carbocycles. The van der Waals surface area contributed by atoms with E-state index in [1.807, 2.05) is 18.3 Å². The summed E-state index contributed by atoms with van der Waals surface area (Å²) >= 11 is -1.96. The Kier molecular flexibility index (Phi) is 3.31. The number of pyridine rings is 1. The zero-order valence-electron chi connectivity index (χ0n) is 16.0. The van der Waals surface area contributed by atoms with Crippen molar-refractivity contribution in [2.24, 2.45) is 0 Å². The molecule has 0 N–H and O–H groups in total. The van der Waals surface area contributed by atoms with Gasteiger partial charge in [-0.25, -0.2) is 0 Å². The maximum atomic E-state index is 7.46. The number of benzene rings is 1. The Morgan fingerprint density at radius 1 is 1.10 bits per heavy atom. The van der Waals surface area contributed by atoms with Crippen LogP contribution in [-0.4, -0.2) is 18.3 Å². The van der Waals surface area contributed by atoms with Gasteiger partial charge in [-0.3, -0.25) is 0 Å². The number of nitrogens with zero attached hydrogens (tertiary/aromatic N) is 1. The molecule has 0 atom stereocenters. The molecular weight excluding hydrogens is 303 g/mol. The van der Waals surface area contributed by atoms with Crippen LogP contribution < -0.4 is 4.40 Å². The average molecular weight is 331 g/mol. The Labute approximate surface area is 130 Å². The van der Waals surface area contributed by atoms with Crippen molar-refractivity contribution >= 4 is 17.7 Å². The Bertz CT molecular complexity index is 683. The third kappa shape index (κ3) is 3.32. The van der Waals surface area contributed by atoms with Crippen molar-refractivity contribution in [2.45, 2.75) is 43.9 Å². The van der Waals surface area contributed by atoms with E-state index < -0.39 is 20.1 Å². The van der Waals surface area contributed by atoms with Crippen LogP contribution in [0.2, 0.25) is 17.3 Å². The average Bonchev–Trinajstić information content (AvgIpc) is 2.45. The first-order valence-electron chi connectivity index (χ1n) is 8.61. The van der Waals surface area contributed by atoms with Crippen molar-refractivity contribution in [3.8, 4) is 11.3 Å². The van der Waals surface area contributed by atoms with Gasteiger partial charge in [-0.1, -0.05) is 0 Å². The van der Waals surface area contributed by atoms with Gasteiger partial charge in [-0.15, -0.1) is 0 Å². The summed E-state index contributed by atoms with van der Waals surface area (Å²) in [5, 5.41) is 0. The van der Waals surface area contributed by atoms with Gasteiger partial charge in [0.25, 0.3) is 0 Å². The van der Waals surface area contributed by atoms with E-state index in [1.165, 1.54) is 9.96 Å². The molecule has 20 heavy (non-hydrogen) atoms. The molecule has 0 spiro atoms. The van der Waals surface area contributed by atoms with Gasteiger partial charge < -0.3 is 0 Å². The molecule has 0 bridgehead atoms. The van der Waals surface area contributed by atoms with E-state index in [9.17, 15) is 0 Å². The second-order valence-corrected chi connectivity index (χ2v) is 17.2. The molecule has 0 aliphatic heterocycles. The summed E-state index contributed by atoms with van der Waals surface area (Å²) in [6.07, 6.45) is 2.04. The number of aromatic nitrogens is 1. The molecule has 2 aromatic rings. The molecule has 106 valence electrons. The second kappa shape index (κ2) is 5.73. The van der Waals surface area contributed by atoms with E-state index in [-0.39, 0.29) is 0 Å². The summed E-state index contributed by atoms with van der Waals surface area (Å²) in [5.41, 5.74) is 3.63. The number of rotatable bonds is 3. The minimum atomic E-state index is -2.06. The summed E-state index contributed by atoms with van der Waals surface area (Å²) in [6, 6.07) is 9.24. The van der Waals surface area contributed by atoms with E-state index in [1.54, 1.807) is 12.1 Å². The molecule has 1 aromatic heterocycles. The SMILES string of the molecule is [2H]C([2H])([2H])c1ccc(-c2cc(C(C)C)[c]([Ge]([CH3])([CH3])[CH3])cn2)cc1. The standard InChI is InChI=1S/C18H25GeN/c1-13(2)16-11-18(15-9-7-14(3)8-10-15)20-12-17(16)19(4,5)6/h7-13H,1-6H3/i3D3. The van der Waals surface area contributed by atoms with Crippen LogP contribution in [0, 0.1) is 6.85 Å². The van der Waals surface area contributed by atoms with E-state index in [4.69, 9.17) is 4.11 Å². The number of aryl methyl sites for hydroxylation is 1. The Morgan fingerprint density at radius 3 is 2.25 bits per heavy atom. The van der Waals surface area contributed by atoms with Gasteiger partial charge >= 0.3 is 130 Å². The third-order valence-electron chi connectivity index (χ3n) is 3.55. The van der Waals surface area contributed by atoms with Crippen LogP contribution in [0.25, 0.3) is 11.3 Å². The first kappa shape index (κ1) is 11.6. The number of hydrogen-bond acceptors (Lipinski definition) is 1. The Hall–Kier alpha value is -1.09. The normalized spacial score (nSPS) is 14.8. The molecule has 0 amide bonds. The van der Waals surface area contributed by atoms with Crippen molar-refractivity contribution in [3.63, 3.8) is 0 Å². The fourth-order valence-electron chi connectivity index (χ4n) is 2.37. The van der Waals surface area contributed by atoms with Crippen LogP contribution in [0.4, 0.5) is 0 Å². The maximum absolute atomic E-state index is 7.46. The van der Waals surface area contributed by atoms with Crippen molar-refractivity contribution < 1.29 is 4.11 Å². The molecule has 0 saturated carbocycles. The summed E-state index contributed by atoms with van der Waals surface area (Å²) in [5.74, 6) is 7.60. The van der Waals surface area contributed by atoms with E-state index in [2.05, 4.69) is 42.2 Å². The van der Waals surface area contributed by atoms with Crippen molar-refractivity contribution in [2.75, 3.05) is 0 Å². The fraction of sp³-hybridized carbons (Fsp3) is 0.389. The monoisotopic (exact) mass is 332 g/mol. The summed E-state index contributed by atoms with van der Waals surface area (Å²) < 4.78 is 23.8. The molecule has 1 heterocycles. The van der Waals surface area contributed by atoms with Gasteiger partial charge in [0.15, 0.2) is 0 Å². The second-order valence-electron chi connectivity index (χ2n) is 6.64. The molecule has 2 heteroatoms. The molecule has 0 fully saturated rings. The summed E-state index contributed by atoms with van der Waals surface area (Å²) in [4.78, 5) is 4.66. The Balaban J connectivity index is 2.47. The topological polar surface area (TPSA) is 12.9 Å². The van der Waals surface area contributed by atoms with Crippen LogP contribution in [-0.2, 0) is 0 Å². The zero-order valence-corrected chi connectivity index (χ0v) is 15.1. The Morgan fingerprint density at radius 2 is 1.75 bits per heavy atom. The predicted octanol–water partition coefficient (Wildman–Crippen LogP) is 4.73. The molecule has 0 saturated heterocycles. The zero-order chi connectivity index (χ0) is 17.4. The summed E-state index contributed by atoms with van der Waals surface area (Å²) in [6.45, 7) is 2.38. The van der Waals surface area contributed by atoms with E-state index >= 15 is 0 Å². The van der Waals surface area contributed by atoms with Crippen LogP contribution in [0.1, 0.15) is 35.0 Å². The van der Waals surface area contributed by atoms with Gasteiger partial charge in [0.1, 0.15) is 0 Å². The number of hydrogen-bond donors (Lipinski definition) is 0. The van der Waals surface area contributed by atoms with Gasteiger partial charge in [0.05, 0.1) is 0 Å². The molecule has 1 nitrogen and oxygen atoms in total. The molecule has 2 rings (SSSR count). The molecule has 0 radical (unpaired) electrons. The van der Waals surface area contributed by atoms with Gasteiger partial charge in [-0.05, 0) is 0 Å². The van der Waals surface area contributed by atoms with Gasteiger partial charge in [-0.2, -0.15) is 0 Å². The molecular formula is C18H25GeN. The van der Waals surface area contributed by atoms with E-state index in [0.29, 0.717) is 11.5 Å². The quantitative estimate of drug-likeness (QED) is 0.742. The minimum absolute atomic E-state index is 0.367. The predicted molar refractivity (Wildman–Crippen MR) is 91.5 cm³/mol. The first-order chi connectivity index (χ1) is 10.5. The van der Waals surface area contributed by atoms with Crippen molar-refractivity contribution in [1.29, 1.82) is 0 Å². The van der Waals surface area contributed by atoms with Crippen molar-refractivity contribution in [3.05, 3.63) is 47.7 Å². The summed E-state index contributed by atoms with van der Waals surface area (Å²) in [7, 11) is 0. The van der Waals surface area contributed by atoms with Gasteiger partial charge in [0.2, 0.25) is 0 Å². The van der Waals surface area contributed by atoms with Crippen LogP contribution in [0.15, 0.2) is 36.5 Å². The molecule has 0 unspecified atom stereocenters.